The molecule has 1 aromatic carbocycles. The minimum Gasteiger partial charge on any atom is -0.393 e. The lowest BCUT2D eigenvalue weighted by atomic mass is 9.94. The van der Waals surface area contributed by atoms with E-state index in [9.17, 15) is 4.79 Å². The van der Waals surface area contributed by atoms with E-state index in [0.717, 1.165) is 5.56 Å². The van der Waals surface area contributed by atoms with Gasteiger partial charge in [0, 0.05) is 24.9 Å². The van der Waals surface area contributed by atoms with Crippen LogP contribution in [-0.2, 0) is 11.3 Å². The van der Waals surface area contributed by atoms with Crippen molar-refractivity contribution >= 4 is 23.1 Å². The molecule has 2 N–H and O–H groups in total. The number of carbonyl (C=O) groups excluding carboxylic acids is 1. The van der Waals surface area contributed by atoms with Crippen molar-refractivity contribution in [3.8, 4) is 0 Å². The Balaban J connectivity index is 2.80. The van der Waals surface area contributed by atoms with Crippen molar-refractivity contribution in [2.45, 2.75) is 33.7 Å². The summed E-state index contributed by atoms with van der Waals surface area (Å²) in [7, 11) is 0. The van der Waals surface area contributed by atoms with E-state index >= 15 is 0 Å². The first-order chi connectivity index (χ1) is 8.80. The molecule has 0 heterocycles. The van der Waals surface area contributed by atoms with E-state index < -0.39 is 5.41 Å². The van der Waals surface area contributed by atoms with E-state index in [4.69, 9.17) is 18.0 Å². The fourth-order valence-corrected chi connectivity index (χ4v) is 1.87. The Bertz CT molecular complexity index is 437. The van der Waals surface area contributed by atoms with Crippen LogP contribution in [-0.4, -0.2) is 22.3 Å². The van der Waals surface area contributed by atoms with Gasteiger partial charge in [-0.05, 0) is 5.56 Å². The van der Waals surface area contributed by atoms with E-state index in [0.29, 0.717) is 24.5 Å². The van der Waals surface area contributed by atoms with Crippen molar-refractivity contribution in [2.75, 3.05) is 6.54 Å². The number of nitrogens with zero attached hydrogens (tertiary/aromatic N) is 1. The molecule has 0 radical (unpaired) electrons. The summed E-state index contributed by atoms with van der Waals surface area (Å²) in [5.74, 6) is 0.118. The van der Waals surface area contributed by atoms with Gasteiger partial charge in [0.2, 0.25) is 5.91 Å². The quantitative estimate of drug-likeness (QED) is 0.842. The maximum atomic E-state index is 12.4. The Kier molecular flexibility index (Phi) is 5.48. The van der Waals surface area contributed by atoms with Crippen molar-refractivity contribution in [1.29, 1.82) is 0 Å². The molecule has 0 fully saturated rings. The second-order valence-corrected chi connectivity index (χ2v) is 6.20. The van der Waals surface area contributed by atoms with Crippen LogP contribution in [0.2, 0.25) is 0 Å². The molecule has 0 aliphatic heterocycles. The number of nitrogens with two attached hydrogens (primary N) is 1. The fraction of sp³-hybridized carbons (Fsp3) is 0.467. The summed E-state index contributed by atoms with van der Waals surface area (Å²) in [5.41, 5.74) is 6.25. The van der Waals surface area contributed by atoms with E-state index in [1.165, 1.54) is 0 Å². The summed E-state index contributed by atoms with van der Waals surface area (Å²) >= 11 is 4.90. The highest BCUT2D eigenvalue weighted by Crippen LogP contribution is 2.19. The molecule has 3 nitrogen and oxygen atoms in total. The zero-order valence-electron chi connectivity index (χ0n) is 11.8. The van der Waals surface area contributed by atoms with Gasteiger partial charge in [0.1, 0.15) is 0 Å². The SMILES string of the molecule is CC(C)(C)C(=O)N(CCC(N)=S)Cc1ccccc1. The molecule has 0 aliphatic carbocycles. The Labute approximate surface area is 120 Å². The Morgan fingerprint density at radius 2 is 1.84 bits per heavy atom. The molecule has 0 unspecified atom stereocenters. The van der Waals surface area contributed by atoms with Crippen LogP contribution in [0.1, 0.15) is 32.8 Å². The Hall–Kier alpha value is -1.42. The van der Waals surface area contributed by atoms with E-state index in [-0.39, 0.29) is 5.91 Å². The molecule has 1 aromatic rings. The number of amides is 1. The summed E-state index contributed by atoms with van der Waals surface area (Å²) in [6.45, 7) is 6.94. The first-order valence-corrected chi connectivity index (χ1v) is 6.83. The third-order valence-corrected chi connectivity index (χ3v) is 2.98. The normalized spacial score (nSPS) is 11.1. The van der Waals surface area contributed by atoms with Gasteiger partial charge < -0.3 is 10.6 Å². The summed E-state index contributed by atoms with van der Waals surface area (Å²) in [5, 5.41) is 0. The highest BCUT2D eigenvalue weighted by atomic mass is 32.1. The topological polar surface area (TPSA) is 46.3 Å². The van der Waals surface area contributed by atoms with Crippen LogP contribution in [0, 0.1) is 5.41 Å². The van der Waals surface area contributed by atoms with Gasteiger partial charge in [-0.25, -0.2) is 0 Å². The number of hydrogen-bond acceptors (Lipinski definition) is 2. The molecule has 1 amide bonds. The zero-order valence-corrected chi connectivity index (χ0v) is 12.7. The molecule has 0 spiro atoms. The van der Waals surface area contributed by atoms with Crippen LogP contribution in [0.3, 0.4) is 0 Å². The highest BCUT2D eigenvalue weighted by molar-refractivity contribution is 7.80. The van der Waals surface area contributed by atoms with Crippen molar-refractivity contribution in [3.05, 3.63) is 35.9 Å². The van der Waals surface area contributed by atoms with Crippen molar-refractivity contribution in [1.82, 2.24) is 4.90 Å². The van der Waals surface area contributed by atoms with Crippen LogP contribution in [0.4, 0.5) is 0 Å². The number of thiocarbonyl (C=S) groups is 1. The maximum absolute atomic E-state index is 12.4. The van der Waals surface area contributed by atoms with Crippen LogP contribution in [0.25, 0.3) is 0 Å². The first-order valence-electron chi connectivity index (χ1n) is 6.42. The molecular weight excluding hydrogens is 256 g/mol. The third kappa shape index (κ3) is 5.39. The van der Waals surface area contributed by atoms with Crippen LogP contribution < -0.4 is 5.73 Å². The van der Waals surface area contributed by atoms with Gasteiger partial charge in [0.15, 0.2) is 0 Å². The molecule has 0 atom stereocenters. The minimum absolute atomic E-state index is 0.118. The van der Waals surface area contributed by atoms with Crippen LogP contribution in [0.15, 0.2) is 30.3 Å². The second kappa shape index (κ2) is 6.66. The Morgan fingerprint density at radius 3 is 2.32 bits per heavy atom. The predicted octanol–water partition coefficient (Wildman–Crippen LogP) is 2.74. The summed E-state index contributed by atoms with van der Waals surface area (Å²) in [6, 6.07) is 9.95. The average molecular weight is 278 g/mol. The highest BCUT2D eigenvalue weighted by Gasteiger charge is 2.27. The van der Waals surface area contributed by atoms with E-state index in [1.807, 2.05) is 56.0 Å². The molecule has 104 valence electrons. The lowest BCUT2D eigenvalue weighted by Crippen LogP contribution is -2.40. The molecule has 0 saturated carbocycles. The lowest BCUT2D eigenvalue weighted by molar-refractivity contribution is -0.140. The van der Waals surface area contributed by atoms with Crippen molar-refractivity contribution < 1.29 is 4.79 Å². The van der Waals surface area contributed by atoms with Crippen molar-refractivity contribution in [2.24, 2.45) is 11.1 Å². The van der Waals surface area contributed by atoms with Crippen LogP contribution >= 0.6 is 12.2 Å². The molecule has 1 rings (SSSR count). The molecule has 0 aromatic heterocycles. The third-order valence-electron chi connectivity index (χ3n) is 2.77. The van der Waals surface area contributed by atoms with Gasteiger partial charge in [-0.15, -0.1) is 0 Å². The fourth-order valence-electron chi connectivity index (χ4n) is 1.78. The summed E-state index contributed by atoms with van der Waals surface area (Å²) < 4.78 is 0. The van der Waals surface area contributed by atoms with Gasteiger partial charge in [-0.2, -0.15) is 0 Å². The van der Waals surface area contributed by atoms with Gasteiger partial charge in [0.05, 0.1) is 4.99 Å². The molecular formula is C15H22N2OS. The van der Waals surface area contributed by atoms with Gasteiger partial charge >= 0.3 is 0 Å². The number of hydrogen-bond donors (Lipinski definition) is 1. The summed E-state index contributed by atoms with van der Waals surface area (Å²) in [6.07, 6.45) is 0.560. The van der Waals surface area contributed by atoms with E-state index in [2.05, 4.69) is 0 Å². The minimum atomic E-state index is -0.398. The number of carbonyl (C=O) groups is 1. The molecule has 4 heteroatoms. The van der Waals surface area contributed by atoms with Crippen molar-refractivity contribution in [3.63, 3.8) is 0 Å². The molecule has 19 heavy (non-hydrogen) atoms. The Morgan fingerprint density at radius 1 is 1.26 bits per heavy atom. The predicted molar refractivity (Wildman–Crippen MR) is 82.7 cm³/mol. The number of benzene rings is 1. The molecule has 0 saturated heterocycles. The second-order valence-electron chi connectivity index (χ2n) is 5.68. The molecule has 0 bridgehead atoms. The first kappa shape index (κ1) is 15.6. The lowest BCUT2D eigenvalue weighted by Gasteiger charge is -2.29. The number of rotatable bonds is 5. The zero-order chi connectivity index (χ0) is 14.5. The largest absolute Gasteiger partial charge is 0.393 e. The van der Waals surface area contributed by atoms with Gasteiger partial charge in [-0.1, -0.05) is 63.3 Å². The van der Waals surface area contributed by atoms with Gasteiger partial charge in [-0.3, -0.25) is 4.79 Å². The smallest absolute Gasteiger partial charge is 0.228 e. The molecule has 0 aliphatic rings. The summed E-state index contributed by atoms with van der Waals surface area (Å²) in [4.78, 5) is 14.7. The monoisotopic (exact) mass is 278 g/mol. The maximum Gasteiger partial charge on any atom is 0.228 e. The average Bonchev–Trinajstić information content (AvgIpc) is 2.33. The standard InChI is InChI=1S/C15H22N2OS/c1-15(2,3)14(18)17(10-9-13(16)19)11-12-7-5-4-6-8-12/h4-8H,9-11H2,1-3H3,(H2,16,19). The van der Waals surface area contributed by atoms with Gasteiger partial charge in [0.25, 0.3) is 0 Å². The van der Waals surface area contributed by atoms with Crippen LogP contribution in [0.5, 0.6) is 0 Å². The van der Waals surface area contributed by atoms with E-state index in [1.54, 1.807) is 0 Å².